The lowest BCUT2D eigenvalue weighted by Crippen LogP contribution is -2.50. The fourth-order valence-corrected chi connectivity index (χ4v) is 1.61. The molecule has 1 aromatic carbocycles. The minimum Gasteiger partial charge on any atom is -0.493 e. The van der Waals surface area contributed by atoms with Crippen LogP contribution in [0.1, 0.15) is 32.8 Å². The molecule has 0 saturated heterocycles. The summed E-state index contributed by atoms with van der Waals surface area (Å²) in [7, 11) is 0. The van der Waals surface area contributed by atoms with Crippen molar-refractivity contribution in [2.75, 3.05) is 13.2 Å². The van der Waals surface area contributed by atoms with Gasteiger partial charge in [-0.05, 0) is 29.5 Å². The van der Waals surface area contributed by atoms with Crippen LogP contribution in [0.25, 0.3) is 0 Å². The lowest BCUT2D eigenvalue weighted by atomic mass is 9.88. The zero-order valence-corrected chi connectivity index (χ0v) is 10.8. The highest BCUT2D eigenvalue weighted by molar-refractivity contribution is 5.27. The highest BCUT2D eigenvalue weighted by Gasteiger charge is 2.10. The summed E-state index contributed by atoms with van der Waals surface area (Å²) in [6.45, 7) is 8.47. The van der Waals surface area contributed by atoms with Crippen LogP contribution < -0.4 is 10.5 Å². The lowest BCUT2D eigenvalue weighted by Gasteiger charge is -2.18. The summed E-state index contributed by atoms with van der Waals surface area (Å²) >= 11 is 0. The maximum Gasteiger partial charge on any atom is 0.119 e. The molecule has 0 atom stereocenters. The molecule has 16 heavy (non-hydrogen) atoms. The van der Waals surface area contributed by atoms with E-state index in [-0.39, 0.29) is 0 Å². The Morgan fingerprint density at radius 3 is 2.25 bits per heavy atom. The van der Waals surface area contributed by atoms with Crippen molar-refractivity contribution in [2.45, 2.75) is 33.6 Å². The van der Waals surface area contributed by atoms with Gasteiger partial charge < -0.3 is 10.5 Å². The van der Waals surface area contributed by atoms with Crippen molar-refractivity contribution < 1.29 is 10.5 Å². The second kappa shape index (κ2) is 5.90. The van der Waals surface area contributed by atoms with Crippen molar-refractivity contribution in [1.29, 1.82) is 0 Å². The maximum absolute atomic E-state index is 5.59. The zero-order chi connectivity index (χ0) is 12.0. The van der Waals surface area contributed by atoms with Gasteiger partial charge in [-0.25, -0.2) is 0 Å². The first-order valence-corrected chi connectivity index (χ1v) is 6.02. The molecule has 0 amide bonds. The third-order valence-corrected chi connectivity index (χ3v) is 2.32. The highest BCUT2D eigenvalue weighted by atomic mass is 16.5. The average molecular weight is 222 g/mol. The van der Waals surface area contributed by atoms with Gasteiger partial charge >= 0.3 is 0 Å². The molecule has 2 nitrogen and oxygen atoms in total. The van der Waals surface area contributed by atoms with Crippen LogP contribution in [0.3, 0.4) is 0 Å². The normalized spacial score (nSPS) is 11.5. The Balaban J connectivity index is 2.48. The van der Waals surface area contributed by atoms with Gasteiger partial charge in [-0.3, -0.25) is 0 Å². The van der Waals surface area contributed by atoms with Gasteiger partial charge in [-0.2, -0.15) is 0 Å². The van der Waals surface area contributed by atoms with Gasteiger partial charge in [0.15, 0.2) is 0 Å². The zero-order valence-electron chi connectivity index (χ0n) is 10.8. The Hall–Kier alpha value is -1.02. The van der Waals surface area contributed by atoms with Gasteiger partial charge in [0.2, 0.25) is 0 Å². The maximum atomic E-state index is 5.59. The monoisotopic (exact) mass is 222 g/mol. The molecule has 0 aliphatic carbocycles. The molecule has 90 valence electrons. The van der Waals surface area contributed by atoms with E-state index in [0.29, 0.717) is 5.41 Å². The van der Waals surface area contributed by atoms with Crippen LogP contribution in [0.15, 0.2) is 24.3 Å². The summed E-state index contributed by atoms with van der Waals surface area (Å²) in [5, 5.41) is 0. The first kappa shape index (κ1) is 13.0. The van der Waals surface area contributed by atoms with E-state index in [1.54, 1.807) is 0 Å². The molecule has 0 heterocycles. The van der Waals surface area contributed by atoms with E-state index in [0.717, 1.165) is 31.7 Å². The Bertz CT molecular complexity index is 298. The molecule has 0 spiro atoms. The molecular weight excluding hydrogens is 198 g/mol. The summed E-state index contributed by atoms with van der Waals surface area (Å²) in [5.74, 6) is 0.964. The fraction of sp³-hybridized carbons (Fsp3) is 0.571. The van der Waals surface area contributed by atoms with Crippen LogP contribution in [-0.2, 0) is 6.42 Å². The molecule has 0 radical (unpaired) electrons. The smallest absolute Gasteiger partial charge is 0.119 e. The van der Waals surface area contributed by atoms with E-state index in [4.69, 9.17) is 4.74 Å². The number of benzene rings is 1. The quantitative estimate of drug-likeness (QED) is 0.762. The lowest BCUT2D eigenvalue weighted by molar-refractivity contribution is -0.368. The molecule has 0 saturated carbocycles. The largest absolute Gasteiger partial charge is 0.493 e. The second-order valence-electron chi connectivity index (χ2n) is 5.44. The Labute approximate surface area is 98.8 Å². The molecule has 1 aromatic rings. The first-order valence-electron chi connectivity index (χ1n) is 6.02. The summed E-state index contributed by atoms with van der Waals surface area (Å²) in [4.78, 5) is 0. The number of quaternary nitrogens is 1. The molecule has 0 aromatic heterocycles. The topological polar surface area (TPSA) is 36.9 Å². The molecule has 0 unspecified atom stereocenters. The Kier molecular flexibility index (Phi) is 4.81. The Morgan fingerprint density at radius 1 is 1.12 bits per heavy atom. The Morgan fingerprint density at radius 2 is 1.75 bits per heavy atom. The minimum atomic E-state index is 0.344. The van der Waals surface area contributed by atoms with Crippen molar-refractivity contribution in [3.8, 4) is 5.75 Å². The first-order chi connectivity index (χ1) is 7.51. The van der Waals surface area contributed by atoms with E-state index < -0.39 is 0 Å². The van der Waals surface area contributed by atoms with Crippen molar-refractivity contribution in [2.24, 2.45) is 5.41 Å². The van der Waals surface area contributed by atoms with Crippen LogP contribution >= 0.6 is 0 Å². The van der Waals surface area contributed by atoms with Gasteiger partial charge in [-0.1, -0.05) is 32.9 Å². The molecule has 0 aliphatic heterocycles. The third-order valence-electron chi connectivity index (χ3n) is 2.32. The summed E-state index contributed by atoms with van der Waals surface area (Å²) in [5.41, 5.74) is 5.51. The van der Waals surface area contributed by atoms with E-state index in [1.807, 2.05) is 0 Å². The summed E-state index contributed by atoms with van der Waals surface area (Å²) in [6.07, 6.45) is 2.12. The van der Waals surface area contributed by atoms with Crippen molar-refractivity contribution in [3.05, 3.63) is 29.8 Å². The molecule has 2 heteroatoms. The van der Waals surface area contributed by atoms with Crippen LogP contribution in [0, 0.1) is 5.41 Å². The predicted molar refractivity (Wildman–Crippen MR) is 67.5 cm³/mol. The van der Waals surface area contributed by atoms with Gasteiger partial charge in [0, 0.05) is 6.42 Å². The molecule has 0 fully saturated rings. The van der Waals surface area contributed by atoms with Crippen LogP contribution in [0.5, 0.6) is 5.75 Å². The van der Waals surface area contributed by atoms with Crippen LogP contribution in [0.2, 0.25) is 0 Å². The number of rotatable bonds is 5. The standard InChI is InChI=1S/C14H23NO/c1-14(2,3)11-12-5-7-13(8-6-12)16-10-4-9-15/h5-8H,4,9-11,15H2,1-3H3/p+1. The van der Waals surface area contributed by atoms with Crippen molar-refractivity contribution >= 4 is 0 Å². The average Bonchev–Trinajstić information content (AvgIpc) is 2.19. The van der Waals surface area contributed by atoms with Gasteiger partial charge in [0.1, 0.15) is 5.75 Å². The van der Waals surface area contributed by atoms with Crippen molar-refractivity contribution in [1.82, 2.24) is 0 Å². The fourth-order valence-electron chi connectivity index (χ4n) is 1.61. The molecule has 3 N–H and O–H groups in total. The molecule has 0 aliphatic rings. The van der Waals surface area contributed by atoms with Crippen LogP contribution in [-0.4, -0.2) is 13.2 Å². The SMILES string of the molecule is CC(C)(C)Cc1ccc(OCCC[NH3+])cc1. The highest BCUT2D eigenvalue weighted by Crippen LogP contribution is 2.22. The molecular formula is C14H24NO+. The predicted octanol–water partition coefficient (Wildman–Crippen LogP) is 2.29. The van der Waals surface area contributed by atoms with E-state index in [9.17, 15) is 0 Å². The molecule has 1 rings (SSSR count). The van der Waals surface area contributed by atoms with E-state index >= 15 is 0 Å². The van der Waals surface area contributed by atoms with Gasteiger partial charge in [0.25, 0.3) is 0 Å². The summed E-state index contributed by atoms with van der Waals surface area (Å²) < 4.78 is 5.59. The molecule has 0 bridgehead atoms. The van der Waals surface area contributed by atoms with E-state index in [1.165, 1.54) is 5.56 Å². The number of hydrogen-bond acceptors (Lipinski definition) is 1. The summed E-state index contributed by atoms with van der Waals surface area (Å²) in [6, 6.07) is 8.43. The second-order valence-corrected chi connectivity index (χ2v) is 5.44. The van der Waals surface area contributed by atoms with Gasteiger partial charge in [-0.15, -0.1) is 0 Å². The van der Waals surface area contributed by atoms with Gasteiger partial charge in [0.05, 0.1) is 13.2 Å². The third kappa shape index (κ3) is 5.17. The minimum absolute atomic E-state index is 0.344. The van der Waals surface area contributed by atoms with Crippen molar-refractivity contribution in [3.63, 3.8) is 0 Å². The van der Waals surface area contributed by atoms with Crippen LogP contribution in [0.4, 0.5) is 0 Å². The number of hydrogen-bond donors (Lipinski definition) is 1. The van der Waals surface area contributed by atoms with E-state index in [2.05, 4.69) is 50.8 Å². The number of ether oxygens (including phenoxy) is 1.